The minimum absolute atomic E-state index is 0.858. The molecular weight excluding hydrogens is 224 g/mol. The first kappa shape index (κ1) is 13.6. The van der Waals surface area contributed by atoms with Crippen molar-refractivity contribution in [1.82, 2.24) is 10.2 Å². The molecule has 102 valence electrons. The Labute approximate surface area is 111 Å². The lowest BCUT2D eigenvalue weighted by Gasteiger charge is -2.15. The van der Waals surface area contributed by atoms with Crippen molar-refractivity contribution in [3.8, 4) is 0 Å². The maximum Gasteiger partial charge on any atom is 0.105 e. The van der Waals surface area contributed by atoms with E-state index >= 15 is 0 Å². The van der Waals surface area contributed by atoms with Crippen molar-refractivity contribution < 1.29 is 4.42 Å². The van der Waals surface area contributed by atoms with Crippen LogP contribution in [0.3, 0.4) is 0 Å². The van der Waals surface area contributed by atoms with Crippen LogP contribution in [0.25, 0.3) is 0 Å². The standard InChI is InChI=1S/C15H26N2O/c1-13-14(8-11-18-13)12-17(2)10-5-3-4-9-16-15-6-7-15/h8,11,15-16H,3-7,9-10,12H2,1-2H3. The van der Waals surface area contributed by atoms with Crippen LogP contribution in [0, 0.1) is 6.92 Å². The van der Waals surface area contributed by atoms with Gasteiger partial charge >= 0.3 is 0 Å². The van der Waals surface area contributed by atoms with Crippen molar-refractivity contribution >= 4 is 0 Å². The second kappa shape index (κ2) is 6.95. The first-order chi connectivity index (χ1) is 8.75. The van der Waals surface area contributed by atoms with E-state index in [1.165, 1.54) is 50.8 Å². The van der Waals surface area contributed by atoms with Crippen molar-refractivity contribution in [2.45, 2.75) is 51.6 Å². The van der Waals surface area contributed by atoms with Gasteiger partial charge in [0.25, 0.3) is 0 Å². The van der Waals surface area contributed by atoms with Gasteiger partial charge in [0.05, 0.1) is 6.26 Å². The Morgan fingerprint density at radius 2 is 2.17 bits per heavy atom. The summed E-state index contributed by atoms with van der Waals surface area (Å²) in [4.78, 5) is 2.38. The molecule has 1 fully saturated rings. The van der Waals surface area contributed by atoms with E-state index in [1.54, 1.807) is 6.26 Å². The summed E-state index contributed by atoms with van der Waals surface area (Å²) in [6.07, 6.45) is 8.50. The summed E-state index contributed by atoms with van der Waals surface area (Å²) in [6, 6.07) is 2.93. The topological polar surface area (TPSA) is 28.4 Å². The van der Waals surface area contributed by atoms with Crippen LogP contribution in [-0.4, -0.2) is 31.1 Å². The number of nitrogens with zero attached hydrogens (tertiary/aromatic N) is 1. The number of aryl methyl sites for hydroxylation is 1. The van der Waals surface area contributed by atoms with Gasteiger partial charge in [-0.05, 0) is 58.8 Å². The average molecular weight is 250 g/mol. The molecular formula is C15H26N2O. The summed E-state index contributed by atoms with van der Waals surface area (Å²) in [5.74, 6) is 1.05. The monoisotopic (exact) mass is 250 g/mol. The lowest BCUT2D eigenvalue weighted by molar-refractivity contribution is 0.314. The molecule has 0 atom stereocenters. The van der Waals surface area contributed by atoms with Gasteiger partial charge in [-0.15, -0.1) is 0 Å². The summed E-state index contributed by atoms with van der Waals surface area (Å²) in [6.45, 7) is 5.42. The maximum atomic E-state index is 5.32. The third-order valence-electron chi connectivity index (χ3n) is 3.63. The Kier molecular flexibility index (Phi) is 5.26. The molecule has 1 heterocycles. The highest BCUT2D eigenvalue weighted by atomic mass is 16.3. The summed E-state index contributed by atoms with van der Waals surface area (Å²) in [7, 11) is 2.19. The quantitative estimate of drug-likeness (QED) is 0.683. The van der Waals surface area contributed by atoms with E-state index < -0.39 is 0 Å². The number of unbranched alkanes of at least 4 members (excludes halogenated alkanes) is 2. The van der Waals surface area contributed by atoms with E-state index in [0.29, 0.717) is 0 Å². The molecule has 1 aromatic heterocycles. The van der Waals surface area contributed by atoms with Crippen molar-refractivity contribution in [2.75, 3.05) is 20.1 Å². The largest absolute Gasteiger partial charge is 0.469 e. The molecule has 0 spiro atoms. The highest BCUT2D eigenvalue weighted by Gasteiger charge is 2.19. The molecule has 0 aliphatic heterocycles. The Hall–Kier alpha value is -0.800. The van der Waals surface area contributed by atoms with Gasteiger partial charge in [0, 0.05) is 18.2 Å². The third-order valence-corrected chi connectivity index (χ3v) is 3.63. The van der Waals surface area contributed by atoms with Gasteiger partial charge < -0.3 is 14.6 Å². The van der Waals surface area contributed by atoms with E-state index in [1.807, 2.05) is 6.92 Å². The zero-order valence-corrected chi connectivity index (χ0v) is 11.7. The minimum Gasteiger partial charge on any atom is -0.469 e. The van der Waals surface area contributed by atoms with Gasteiger partial charge in [0.1, 0.15) is 5.76 Å². The Balaban J connectivity index is 1.49. The fourth-order valence-corrected chi connectivity index (χ4v) is 2.22. The summed E-state index contributed by atoms with van der Waals surface area (Å²) >= 11 is 0. The lowest BCUT2D eigenvalue weighted by Crippen LogP contribution is -2.20. The fraction of sp³-hybridized carbons (Fsp3) is 0.733. The summed E-state index contributed by atoms with van der Waals surface area (Å²) < 4.78 is 5.32. The van der Waals surface area contributed by atoms with Gasteiger partial charge in [-0.25, -0.2) is 0 Å². The van der Waals surface area contributed by atoms with Crippen molar-refractivity contribution in [3.05, 3.63) is 23.7 Å². The molecule has 1 N–H and O–H groups in total. The lowest BCUT2D eigenvalue weighted by atomic mass is 10.2. The minimum atomic E-state index is 0.858. The summed E-state index contributed by atoms with van der Waals surface area (Å²) in [5.41, 5.74) is 1.31. The van der Waals surface area contributed by atoms with Crippen LogP contribution in [0.4, 0.5) is 0 Å². The van der Waals surface area contributed by atoms with Crippen LogP contribution in [0.5, 0.6) is 0 Å². The van der Waals surface area contributed by atoms with Crippen LogP contribution in [0.2, 0.25) is 0 Å². The number of hydrogen-bond donors (Lipinski definition) is 1. The molecule has 0 amide bonds. The first-order valence-electron chi connectivity index (χ1n) is 7.20. The molecule has 18 heavy (non-hydrogen) atoms. The van der Waals surface area contributed by atoms with Crippen molar-refractivity contribution in [3.63, 3.8) is 0 Å². The van der Waals surface area contributed by atoms with Gasteiger partial charge in [0.2, 0.25) is 0 Å². The second-order valence-corrected chi connectivity index (χ2v) is 5.53. The van der Waals surface area contributed by atoms with Gasteiger partial charge in [-0.1, -0.05) is 6.42 Å². The fourth-order valence-electron chi connectivity index (χ4n) is 2.22. The Morgan fingerprint density at radius 1 is 1.33 bits per heavy atom. The molecule has 3 nitrogen and oxygen atoms in total. The van der Waals surface area contributed by atoms with Gasteiger partial charge in [0.15, 0.2) is 0 Å². The molecule has 2 rings (SSSR count). The zero-order valence-electron chi connectivity index (χ0n) is 11.7. The number of rotatable bonds is 9. The molecule has 1 aliphatic rings. The third kappa shape index (κ3) is 4.83. The molecule has 0 radical (unpaired) electrons. The molecule has 1 aromatic rings. The van der Waals surface area contributed by atoms with E-state index in [-0.39, 0.29) is 0 Å². The number of furan rings is 1. The predicted molar refractivity (Wildman–Crippen MR) is 74.7 cm³/mol. The number of nitrogens with one attached hydrogen (secondary N) is 1. The Morgan fingerprint density at radius 3 is 2.83 bits per heavy atom. The zero-order chi connectivity index (χ0) is 12.8. The van der Waals surface area contributed by atoms with Gasteiger partial charge in [-0.2, -0.15) is 0 Å². The van der Waals surface area contributed by atoms with Crippen LogP contribution >= 0.6 is 0 Å². The Bertz CT molecular complexity index is 344. The number of hydrogen-bond acceptors (Lipinski definition) is 3. The smallest absolute Gasteiger partial charge is 0.105 e. The van der Waals surface area contributed by atoms with Crippen LogP contribution in [0.1, 0.15) is 43.4 Å². The van der Waals surface area contributed by atoms with Crippen molar-refractivity contribution in [2.24, 2.45) is 0 Å². The van der Waals surface area contributed by atoms with Crippen molar-refractivity contribution in [1.29, 1.82) is 0 Å². The maximum absolute atomic E-state index is 5.32. The summed E-state index contributed by atoms with van der Waals surface area (Å²) in [5, 5.41) is 3.56. The first-order valence-corrected chi connectivity index (χ1v) is 7.20. The second-order valence-electron chi connectivity index (χ2n) is 5.53. The van der Waals surface area contributed by atoms with Crippen LogP contribution < -0.4 is 5.32 Å². The highest BCUT2D eigenvalue weighted by Crippen LogP contribution is 2.18. The van der Waals surface area contributed by atoms with E-state index in [9.17, 15) is 0 Å². The predicted octanol–water partition coefficient (Wildman–Crippen LogP) is 2.94. The van der Waals surface area contributed by atoms with Crippen LogP contribution in [-0.2, 0) is 6.54 Å². The normalized spacial score (nSPS) is 15.5. The van der Waals surface area contributed by atoms with E-state index in [0.717, 1.165) is 18.3 Å². The average Bonchev–Trinajstić information content (AvgIpc) is 3.09. The molecule has 1 aliphatic carbocycles. The molecule has 0 bridgehead atoms. The molecule has 0 unspecified atom stereocenters. The molecule has 1 saturated carbocycles. The molecule has 3 heteroatoms. The van der Waals surface area contributed by atoms with Crippen LogP contribution in [0.15, 0.2) is 16.7 Å². The SMILES string of the molecule is Cc1occc1CN(C)CCCCCNC1CC1. The van der Waals surface area contributed by atoms with E-state index in [4.69, 9.17) is 4.42 Å². The van der Waals surface area contributed by atoms with Gasteiger partial charge in [-0.3, -0.25) is 0 Å². The molecule has 0 aromatic carbocycles. The van der Waals surface area contributed by atoms with E-state index in [2.05, 4.69) is 23.3 Å². The highest BCUT2D eigenvalue weighted by molar-refractivity contribution is 5.14. The molecule has 0 saturated heterocycles.